The number of benzene rings is 10. The van der Waals surface area contributed by atoms with Crippen molar-refractivity contribution in [3.8, 4) is 44.5 Å². The van der Waals surface area contributed by atoms with Crippen LogP contribution in [0.4, 0.5) is 34.1 Å². The van der Waals surface area contributed by atoms with Gasteiger partial charge in [0.1, 0.15) is 0 Å². The van der Waals surface area contributed by atoms with Crippen LogP contribution in [0.1, 0.15) is 49.9 Å². The van der Waals surface area contributed by atoms with Crippen LogP contribution in [0.5, 0.6) is 0 Å². The zero-order chi connectivity index (χ0) is 42.9. The first-order valence-electron chi connectivity index (χ1n) is 22.6. The number of anilines is 6. The van der Waals surface area contributed by atoms with Gasteiger partial charge in [-0.05, 0) is 162 Å². The highest BCUT2D eigenvalue weighted by Crippen LogP contribution is 2.57. The average molecular weight is 819 g/mol. The topological polar surface area (TPSA) is 6.48 Å². The molecule has 0 radical (unpaired) electrons. The van der Waals surface area contributed by atoms with Gasteiger partial charge in [0, 0.05) is 44.7 Å². The number of rotatable bonds is 6. The molecule has 10 aromatic rings. The summed E-state index contributed by atoms with van der Waals surface area (Å²) in [4.78, 5) is 4.91. The van der Waals surface area contributed by atoms with Crippen molar-refractivity contribution >= 4 is 55.7 Å². The van der Waals surface area contributed by atoms with Crippen LogP contribution < -0.4 is 9.80 Å². The number of nitrogens with zero attached hydrogens (tertiary/aromatic N) is 2. The van der Waals surface area contributed by atoms with Gasteiger partial charge in [0.05, 0.1) is 11.4 Å². The normalized spacial score (nSPS) is 14.2. The molecule has 304 valence electrons. The van der Waals surface area contributed by atoms with Crippen molar-refractivity contribution in [1.82, 2.24) is 0 Å². The second kappa shape index (κ2) is 13.4. The molecule has 0 unspecified atom stereocenters. The third kappa shape index (κ3) is 5.20. The quantitative estimate of drug-likeness (QED) is 0.165. The Bertz CT molecular complexity index is 3310. The van der Waals surface area contributed by atoms with Crippen LogP contribution in [-0.2, 0) is 10.8 Å². The summed E-state index contributed by atoms with van der Waals surface area (Å²) in [6.45, 7) is 9.43. The molecular formula is C62H46N2. The molecule has 64 heavy (non-hydrogen) atoms. The van der Waals surface area contributed by atoms with Gasteiger partial charge in [0.2, 0.25) is 0 Å². The first-order chi connectivity index (χ1) is 31.3. The van der Waals surface area contributed by atoms with E-state index in [1.165, 1.54) is 99.7 Å². The third-order valence-corrected chi connectivity index (χ3v) is 14.7. The highest BCUT2D eigenvalue weighted by atomic mass is 15.2. The van der Waals surface area contributed by atoms with E-state index in [4.69, 9.17) is 0 Å². The summed E-state index contributed by atoms with van der Waals surface area (Å²) in [5.41, 5.74) is 22.9. The summed E-state index contributed by atoms with van der Waals surface area (Å²) < 4.78 is 0. The second-order valence-corrected chi connectivity index (χ2v) is 18.9. The van der Waals surface area contributed by atoms with Gasteiger partial charge in [-0.1, -0.05) is 149 Å². The SMILES string of the molecule is CC1(C)c2ccccc2-c2c(N(c3ccccc3)c3ccc4cc5c(cc4c3)-c3cc4ccc(N(c6ccccc6)c6cccc7c6-c6ccccc6C7(C)C)cc4cc3-5)cccc21. The molecule has 2 nitrogen and oxygen atoms in total. The molecule has 0 bridgehead atoms. The molecule has 2 heteroatoms. The maximum atomic E-state index is 2.46. The minimum Gasteiger partial charge on any atom is -0.310 e. The molecule has 10 aromatic carbocycles. The van der Waals surface area contributed by atoms with Gasteiger partial charge >= 0.3 is 0 Å². The Morgan fingerprint density at radius 2 is 0.625 bits per heavy atom. The fourth-order valence-electron chi connectivity index (χ4n) is 11.5. The van der Waals surface area contributed by atoms with E-state index in [-0.39, 0.29) is 10.8 Å². The molecule has 0 fully saturated rings. The lowest BCUT2D eigenvalue weighted by molar-refractivity contribution is 0.660. The van der Waals surface area contributed by atoms with Gasteiger partial charge in [0.25, 0.3) is 0 Å². The summed E-state index contributed by atoms with van der Waals surface area (Å²) in [7, 11) is 0. The summed E-state index contributed by atoms with van der Waals surface area (Å²) in [6, 6.07) is 76.9. The van der Waals surface area contributed by atoms with Gasteiger partial charge in [-0.3, -0.25) is 0 Å². The monoisotopic (exact) mass is 818 g/mol. The minimum atomic E-state index is -0.0807. The lowest BCUT2D eigenvalue weighted by Gasteiger charge is -2.30. The molecule has 3 aliphatic rings. The van der Waals surface area contributed by atoms with Crippen molar-refractivity contribution in [3.63, 3.8) is 0 Å². The molecule has 0 saturated heterocycles. The van der Waals surface area contributed by atoms with E-state index in [2.05, 4.69) is 244 Å². The number of para-hydroxylation sites is 2. The van der Waals surface area contributed by atoms with Crippen LogP contribution in [0.2, 0.25) is 0 Å². The van der Waals surface area contributed by atoms with E-state index in [1.54, 1.807) is 0 Å². The molecule has 13 rings (SSSR count). The van der Waals surface area contributed by atoms with E-state index in [9.17, 15) is 0 Å². The Morgan fingerprint density at radius 3 is 1.05 bits per heavy atom. The van der Waals surface area contributed by atoms with E-state index < -0.39 is 0 Å². The summed E-state index contributed by atoms with van der Waals surface area (Å²) in [5, 5.41) is 4.97. The average Bonchev–Trinajstić information content (AvgIpc) is 3.71. The molecule has 0 saturated carbocycles. The van der Waals surface area contributed by atoms with Gasteiger partial charge in [0.15, 0.2) is 0 Å². The predicted molar refractivity (Wildman–Crippen MR) is 270 cm³/mol. The second-order valence-electron chi connectivity index (χ2n) is 18.9. The van der Waals surface area contributed by atoms with Crippen LogP contribution in [0, 0.1) is 0 Å². The zero-order valence-electron chi connectivity index (χ0n) is 36.5. The highest BCUT2D eigenvalue weighted by molar-refractivity contribution is 6.13. The molecule has 0 amide bonds. The van der Waals surface area contributed by atoms with Crippen molar-refractivity contribution in [1.29, 1.82) is 0 Å². The van der Waals surface area contributed by atoms with Crippen molar-refractivity contribution in [3.05, 3.63) is 229 Å². The van der Waals surface area contributed by atoms with Crippen molar-refractivity contribution < 1.29 is 0 Å². The van der Waals surface area contributed by atoms with Gasteiger partial charge < -0.3 is 9.80 Å². The summed E-state index contributed by atoms with van der Waals surface area (Å²) in [6.07, 6.45) is 0. The number of fused-ring (bicyclic) bond motifs is 12. The van der Waals surface area contributed by atoms with Crippen LogP contribution in [0.25, 0.3) is 66.1 Å². The Morgan fingerprint density at radius 1 is 0.266 bits per heavy atom. The Labute approximate surface area is 375 Å². The molecule has 0 aliphatic heterocycles. The Balaban J connectivity index is 0.910. The molecule has 0 N–H and O–H groups in total. The Kier molecular flexibility index (Phi) is 7.74. The number of hydrogen-bond acceptors (Lipinski definition) is 2. The van der Waals surface area contributed by atoms with E-state index in [0.29, 0.717) is 0 Å². The zero-order valence-corrected chi connectivity index (χ0v) is 36.5. The standard InChI is InChI=1S/C62H46N2/c1-61(2)53-23-13-11-21-47(53)59-55(61)25-15-27-57(59)63(43-17-7-5-8-18-43)45-31-29-39-35-49-51(37-41(39)33-45)50-36-40-30-32-46(34-42(40)38-52(49)50)64(44-19-9-6-10-20-44)58-28-16-26-56-60(58)48-22-12-14-24-54(48)62(56,3)4/h5-38H,1-4H3. The summed E-state index contributed by atoms with van der Waals surface area (Å²) in [5.74, 6) is 0. The largest absolute Gasteiger partial charge is 0.310 e. The Hall–Kier alpha value is -7.68. The van der Waals surface area contributed by atoms with Crippen LogP contribution in [0.15, 0.2) is 206 Å². The highest BCUT2D eigenvalue weighted by Gasteiger charge is 2.39. The summed E-state index contributed by atoms with van der Waals surface area (Å²) >= 11 is 0. The maximum absolute atomic E-state index is 2.46. The van der Waals surface area contributed by atoms with Crippen LogP contribution in [0.3, 0.4) is 0 Å². The van der Waals surface area contributed by atoms with Crippen molar-refractivity contribution in [2.45, 2.75) is 38.5 Å². The first kappa shape index (κ1) is 36.9. The molecule has 0 heterocycles. The first-order valence-corrected chi connectivity index (χ1v) is 22.6. The molecular weight excluding hydrogens is 773 g/mol. The fraction of sp³-hybridized carbons (Fsp3) is 0.0968. The molecule has 3 aliphatic carbocycles. The van der Waals surface area contributed by atoms with Gasteiger partial charge in [-0.25, -0.2) is 0 Å². The molecule has 0 aromatic heterocycles. The molecule has 0 spiro atoms. The van der Waals surface area contributed by atoms with Gasteiger partial charge in [-0.15, -0.1) is 0 Å². The van der Waals surface area contributed by atoms with E-state index in [0.717, 1.165) is 22.7 Å². The fourth-order valence-corrected chi connectivity index (χ4v) is 11.5. The number of hydrogen-bond donors (Lipinski definition) is 0. The van der Waals surface area contributed by atoms with Crippen molar-refractivity contribution in [2.24, 2.45) is 0 Å². The van der Waals surface area contributed by atoms with Crippen molar-refractivity contribution in [2.75, 3.05) is 9.80 Å². The smallest absolute Gasteiger partial charge is 0.0543 e. The predicted octanol–water partition coefficient (Wildman–Crippen LogP) is 17.2. The lowest BCUT2D eigenvalue weighted by Crippen LogP contribution is -2.16. The lowest BCUT2D eigenvalue weighted by atomic mass is 9.78. The maximum Gasteiger partial charge on any atom is 0.0543 e. The minimum absolute atomic E-state index is 0.0807. The van der Waals surface area contributed by atoms with Crippen LogP contribution in [-0.4, -0.2) is 0 Å². The van der Waals surface area contributed by atoms with E-state index in [1.807, 2.05) is 0 Å². The van der Waals surface area contributed by atoms with Gasteiger partial charge in [-0.2, -0.15) is 0 Å². The third-order valence-electron chi connectivity index (χ3n) is 14.7. The molecule has 0 atom stereocenters. The van der Waals surface area contributed by atoms with Crippen LogP contribution >= 0.6 is 0 Å². The van der Waals surface area contributed by atoms with E-state index >= 15 is 0 Å².